The molecule has 1 N–H and O–H groups in total. The van der Waals surface area contributed by atoms with Gasteiger partial charge in [-0.05, 0) is 59.7 Å². The summed E-state index contributed by atoms with van der Waals surface area (Å²) in [7, 11) is 1.96. The van der Waals surface area contributed by atoms with Crippen LogP contribution in [0.2, 0.25) is 0 Å². The van der Waals surface area contributed by atoms with Crippen molar-refractivity contribution < 1.29 is 0 Å². The highest BCUT2D eigenvalue weighted by molar-refractivity contribution is 9.10. The first-order valence-electron chi connectivity index (χ1n) is 6.82. The Hall–Kier alpha value is -1.39. The summed E-state index contributed by atoms with van der Waals surface area (Å²) in [6, 6.07) is 12.5. The van der Waals surface area contributed by atoms with Gasteiger partial charge in [0.25, 0.3) is 0 Å². The van der Waals surface area contributed by atoms with Gasteiger partial charge in [0.15, 0.2) is 0 Å². The Morgan fingerprint density at radius 3 is 2.70 bits per heavy atom. The van der Waals surface area contributed by atoms with Crippen LogP contribution in [0.1, 0.15) is 18.2 Å². The van der Waals surface area contributed by atoms with Crippen LogP contribution in [0.15, 0.2) is 47.1 Å². The number of benzene rings is 1. The quantitative estimate of drug-likeness (QED) is 0.875. The molecule has 4 heteroatoms. The summed E-state index contributed by atoms with van der Waals surface area (Å²) >= 11 is 3.68. The highest BCUT2D eigenvalue weighted by Gasteiger charge is 2.10. The van der Waals surface area contributed by atoms with Crippen LogP contribution >= 0.6 is 15.9 Å². The van der Waals surface area contributed by atoms with E-state index in [2.05, 4.69) is 62.3 Å². The number of anilines is 1. The highest BCUT2D eigenvalue weighted by atomic mass is 79.9. The van der Waals surface area contributed by atoms with E-state index in [1.54, 1.807) is 0 Å². The maximum Gasteiger partial charge on any atom is 0.0602 e. The second-order valence-corrected chi connectivity index (χ2v) is 5.51. The maximum atomic E-state index is 4.40. The molecule has 0 amide bonds. The number of hydrogen-bond donors (Lipinski definition) is 1. The molecule has 20 heavy (non-hydrogen) atoms. The molecule has 0 aliphatic carbocycles. The van der Waals surface area contributed by atoms with E-state index in [4.69, 9.17) is 0 Å². The smallest absolute Gasteiger partial charge is 0.0602 e. The van der Waals surface area contributed by atoms with Crippen LogP contribution in [0.3, 0.4) is 0 Å². The topological polar surface area (TPSA) is 28.2 Å². The summed E-state index contributed by atoms with van der Waals surface area (Å²) in [5.74, 6) is 0. The summed E-state index contributed by atoms with van der Waals surface area (Å²) in [4.78, 5) is 6.72. The van der Waals surface area contributed by atoms with Crippen molar-refractivity contribution in [2.24, 2.45) is 0 Å². The van der Waals surface area contributed by atoms with Crippen LogP contribution in [-0.4, -0.2) is 18.6 Å². The van der Waals surface area contributed by atoms with Crippen LogP contribution in [0.25, 0.3) is 0 Å². The zero-order valence-corrected chi connectivity index (χ0v) is 13.5. The third-order valence-electron chi connectivity index (χ3n) is 3.19. The second kappa shape index (κ2) is 7.41. The van der Waals surface area contributed by atoms with Gasteiger partial charge in [0.2, 0.25) is 0 Å². The first-order valence-corrected chi connectivity index (χ1v) is 7.61. The number of halogens is 1. The normalized spacial score (nSPS) is 10.6. The number of nitrogens with zero attached hydrogens (tertiary/aromatic N) is 2. The molecule has 0 aliphatic heterocycles. The molecule has 0 spiro atoms. The summed E-state index contributed by atoms with van der Waals surface area (Å²) < 4.78 is 1.13. The monoisotopic (exact) mass is 333 g/mol. The van der Waals surface area contributed by atoms with Crippen molar-refractivity contribution in [3.8, 4) is 0 Å². The average Bonchev–Trinajstić information content (AvgIpc) is 2.47. The van der Waals surface area contributed by atoms with Crippen molar-refractivity contribution in [3.63, 3.8) is 0 Å². The lowest BCUT2D eigenvalue weighted by atomic mass is 10.2. The van der Waals surface area contributed by atoms with Crippen LogP contribution in [0.5, 0.6) is 0 Å². The van der Waals surface area contributed by atoms with Gasteiger partial charge < -0.3 is 10.2 Å². The molecule has 0 radical (unpaired) electrons. The van der Waals surface area contributed by atoms with E-state index in [1.165, 1.54) is 11.3 Å². The summed E-state index contributed by atoms with van der Waals surface area (Å²) in [5, 5.41) is 3.17. The average molecular weight is 334 g/mol. The molecule has 0 atom stereocenters. The number of rotatable bonds is 6. The molecule has 0 saturated heterocycles. The summed E-state index contributed by atoms with van der Waals surface area (Å²) in [6.45, 7) is 4.81. The Balaban J connectivity index is 2.19. The Morgan fingerprint density at radius 2 is 2.10 bits per heavy atom. The van der Waals surface area contributed by atoms with Gasteiger partial charge in [-0.1, -0.05) is 12.1 Å². The standard InChI is InChI=1S/C16H20BrN3/c1-3-20(12-14-6-4-5-9-19-14)16-8-7-13(11-18-2)10-15(16)17/h4-10,18H,3,11-12H2,1-2H3. The van der Waals surface area contributed by atoms with Crippen molar-refractivity contribution in [1.82, 2.24) is 10.3 Å². The molecule has 2 rings (SSSR count). The fourth-order valence-corrected chi connectivity index (χ4v) is 2.85. The molecule has 2 aromatic rings. The number of hydrogen-bond acceptors (Lipinski definition) is 3. The Kier molecular flexibility index (Phi) is 5.56. The minimum atomic E-state index is 0.821. The SMILES string of the molecule is CCN(Cc1ccccn1)c1ccc(CNC)cc1Br. The minimum Gasteiger partial charge on any atom is -0.365 e. The number of nitrogens with one attached hydrogen (secondary N) is 1. The summed E-state index contributed by atoms with van der Waals surface area (Å²) in [6.07, 6.45) is 1.84. The highest BCUT2D eigenvalue weighted by Crippen LogP contribution is 2.28. The predicted octanol–water partition coefficient (Wildman–Crippen LogP) is 3.59. The van der Waals surface area contributed by atoms with Gasteiger partial charge in [0.05, 0.1) is 17.9 Å². The molecule has 1 aromatic heterocycles. The van der Waals surface area contributed by atoms with E-state index in [-0.39, 0.29) is 0 Å². The first kappa shape index (κ1) is 15.0. The van der Waals surface area contributed by atoms with Crippen LogP contribution in [0.4, 0.5) is 5.69 Å². The van der Waals surface area contributed by atoms with Crippen molar-refractivity contribution in [1.29, 1.82) is 0 Å². The van der Waals surface area contributed by atoms with Gasteiger partial charge in [0.1, 0.15) is 0 Å². The van der Waals surface area contributed by atoms with E-state index < -0.39 is 0 Å². The lowest BCUT2D eigenvalue weighted by Gasteiger charge is -2.24. The molecule has 1 heterocycles. The van der Waals surface area contributed by atoms with E-state index in [0.29, 0.717) is 0 Å². The fraction of sp³-hybridized carbons (Fsp3) is 0.312. The molecule has 0 saturated carbocycles. The van der Waals surface area contributed by atoms with Gasteiger partial charge in [-0.15, -0.1) is 0 Å². The van der Waals surface area contributed by atoms with Crippen LogP contribution in [0, 0.1) is 0 Å². The first-order chi connectivity index (χ1) is 9.74. The summed E-state index contributed by atoms with van der Waals surface area (Å²) in [5.41, 5.74) is 3.57. The number of pyridine rings is 1. The van der Waals surface area contributed by atoms with E-state index in [0.717, 1.165) is 29.8 Å². The van der Waals surface area contributed by atoms with Gasteiger partial charge in [-0.3, -0.25) is 4.98 Å². The Bertz CT molecular complexity index is 543. The Morgan fingerprint density at radius 1 is 1.25 bits per heavy atom. The van der Waals surface area contributed by atoms with E-state index in [1.807, 2.05) is 25.4 Å². The largest absolute Gasteiger partial charge is 0.365 e. The Labute approximate surface area is 129 Å². The molecular formula is C16H20BrN3. The van der Waals surface area contributed by atoms with Crippen LogP contribution in [-0.2, 0) is 13.1 Å². The van der Waals surface area contributed by atoms with Crippen molar-refractivity contribution in [2.45, 2.75) is 20.0 Å². The molecule has 0 aliphatic rings. The van der Waals surface area contributed by atoms with Gasteiger partial charge in [-0.25, -0.2) is 0 Å². The minimum absolute atomic E-state index is 0.821. The molecule has 0 unspecified atom stereocenters. The van der Waals surface area contributed by atoms with Crippen molar-refractivity contribution in [2.75, 3.05) is 18.5 Å². The number of aromatic nitrogens is 1. The van der Waals surface area contributed by atoms with E-state index in [9.17, 15) is 0 Å². The molecule has 1 aromatic carbocycles. The molecule has 0 fully saturated rings. The van der Waals surface area contributed by atoms with Gasteiger partial charge in [-0.2, -0.15) is 0 Å². The predicted molar refractivity (Wildman–Crippen MR) is 87.9 cm³/mol. The lowest BCUT2D eigenvalue weighted by molar-refractivity contribution is 0.800. The van der Waals surface area contributed by atoms with Crippen molar-refractivity contribution in [3.05, 3.63) is 58.3 Å². The maximum absolute atomic E-state index is 4.40. The molecular weight excluding hydrogens is 314 g/mol. The molecule has 0 bridgehead atoms. The second-order valence-electron chi connectivity index (χ2n) is 4.65. The van der Waals surface area contributed by atoms with Gasteiger partial charge in [0, 0.05) is 23.8 Å². The van der Waals surface area contributed by atoms with Crippen LogP contribution < -0.4 is 10.2 Å². The van der Waals surface area contributed by atoms with Crippen molar-refractivity contribution >= 4 is 21.6 Å². The fourth-order valence-electron chi connectivity index (χ4n) is 2.18. The molecule has 3 nitrogen and oxygen atoms in total. The third kappa shape index (κ3) is 3.81. The van der Waals surface area contributed by atoms with E-state index >= 15 is 0 Å². The molecule has 106 valence electrons. The third-order valence-corrected chi connectivity index (χ3v) is 3.83. The lowest BCUT2D eigenvalue weighted by Crippen LogP contribution is -2.23. The zero-order chi connectivity index (χ0) is 14.4. The zero-order valence-electron chi connectivity index (χ0n) is 11.9. The van der Waals surface area contributed by atoms with Gasteiger partial charge >= 0.3 is 0 Å².